The molecule has 0 bridgehead atoms. The van der Waals surface area contributed by atoms with Crippen LogP contribution in [0.3, 0.4) is 0 Å². The van der Waals surface area contributed by atoms with Crippen LogP contribution in [0, 0.1) is 0 Å². The lowest BCUT2D eigenvalue weighted by molar-refractivity contribution is -0.144. The zero-order valence-electron chi connectivity index (χ0n) is 20.1. The molecule has 0 saturated heterocycles. The van der Waals surface area contributed by atoms with E-state index < -0.39 is 35.3 Å². The molecule has 0 spiro atoms. The summed E-state index contributed by atoms with van der Waals surface area (Å²) in [6.45, 7) is 11.5. The summed E-state index contributed by atoms with van der Waals surface area (Å²) in [4.78, 5) is 50.7. The van der Waals surface area contributed by atoms with E-state index in [0.29, 0.717) is 16.9 Å². The highest BCUT2D eigenvalue weighted by molar-refractivity contribution is 6.10. The first-order valence-electron chi connectivity index (χ1n) is 10.3. The fourth-order valence-corrected chi connectivity index (χ4v) is 2.46. The first-order chi connectivity index (χ1) is 14.7. The summed E-state index contributed by atoms with van der Waals surface area (Å²) in [5.74, 6) is -1.11. The fraction of sp³-hybridized carbons (Fsp3) is 0.565. The Morgan fingerprint density at radius 1 is 0.906 bits per heavy atom. The minimum absolute atomic E-state index is 0.0132. The topological polar surface area (TPSA) is 108 Å². The molecule has 1 rings (SSSR count). The van der Waals surface area contributed by atoms with E-state index in [1.54, 1.807) is 41.5 Å². The fourth-order valence-electron chi connectivity index (χ4n) is 2.46. The molecule has 0 atom stereocenters. The summed E-state index contributed by atoms with van der Waals surface area (Å²) >= 11 is 0. The number of carbonyl (C=O) groups is 4. The van der Waals surface area contributed by atoms with Gasteiger partial charge >= 0.3 is 24.1 Å². The first kappa shape index (κ1) is 26.9. The van der Waals surface area contributed by atoms with Crippen molar-refractivity contribution in [2.75, 3.05) is 12.0 Å². The van der Waals surface area contributed by atoms with Gasteiger partial charge in [-0.1, -0.05) is 13.0 Å². The zero-order chi connectivity index (χ0) is 24.7. The number of hydrogen-bond donors (Lipinski definition) is 0. The number of methoxy groups -OCH3 is 1. The molecule has 2 amide bonds. The zero-order valence-corrected chi connectivity index (χ0v) is 20.1. The van der Waals surface area contributed by atoms with Crippen LogP contribution in [0.2, 0.25) is 0 Å². The van der Waals surface area contributed by atoms with Crippen LogP contribution in [-0.2, 0) is 30.3 Å². The number of rotatable bonds is 6. The van der Waals surface area contributed by atoms with Crippen molar-refractivity contribution in [2.45, 2.75) is 79.1 Å². The molecule has 0 fully saturated rings. The van der Waals surface area contributed by atoms with Crippen molar-refractivity contribution in [1.29, 1.82) is 0 Å². The molecule has 0 unspecified atom stereocenters. The van der Waals surface area contributed by atoms with Crippen molar-refractivity contribution in [3.05, 3.63) is 29.3 Å². The Balaban J connectivity index is 3.55. The van der Waals surface area contributed by atoms with Gasteiger partial charge in [-0.2, -0.15) is 4.90 Å². The van der Waals surface area contributed by atoms with Crippen LogP contribution >= 0.6 is 0 Å². The van der Waals surface area contributed by atoms with Crippen molar-refractivity contribution in [2.24, 2.45) is 0 Å². The van der Waals surface area contributed by atoms with Gasteiger partial charge in [0.05, 0.1) is 18.4 Å². The summed E-state index contributed by atoms with van der Waals surface area (Å²) in [7, 11) is 1.21. The van der Waals surface area contributed by atoms with Gasteiger partial charge in [0.2, 0.25) is 0 Å². The lowest BCUT2D eigenvalue weighted by atomic mass is 10.1. The van der Waals surface area contributed by atoms with Gasteiger partial charge in [0.1, 0.15) is 17.8 Å². The van der Waals surface area contributed by atoms with E-state index in [1.165, 1.54) is 25.3 Å². The normalized spacial score (nSPS) is 11.4. The highest BCUT2D eigenvalue weighted by atomic mass is 16.6. The highest BCUT2D eigenvalue weighted by Crippen LogP contribution is 2.28. The van der Waals surface area contributed by atoms with E-state index in [1.807, 2.05) is 6.92 Å². The largest absolute Gasteiger partial charge is 0.465 e. The van der Waals surface area contributed by atoms with Gasteiger partial charge in [-0.05, 0) is 60.1 Å². The minimum Gasteiger partial charge on any atom is -0.465 e. The molecule has 0 aromatic heterocycles. The van der Waals surface area contributed by atoms with Gasteiger partial charge in [-0.25, -0.2) is 14.4 Å². The van der Waals surface area contributed by atoms with Crippen molar-refractivity contribution >= 4 is 29.8 Å². The maximum atomic E-state index is 13.0. The number of amides is 2. The van der Waals surface area contributed by atoms with Gasteiger partial charge in [0.15, 0.2) is 0 Å². The van der Waals surface area contributed by atoms with Crippen LogP contribution in [0.15, 0.2) is 18.2 Å². The summed E-state index contributed by atoms with van der Waals surface area (Å²) in [6, 6.07) is 4.21. The molecule has 0 aliphatic rings. The Bertz CT molecular complexity index is 821. The van der Waals surface area contributed by atoms with Crippen LogP contribution in [0.1, 0.15) is 77.2 Å². The molecule has 0 aliphatic carbocycles. The van der Waals surface area contributed by atoms with Crippen molar-refractivity contribution < 1.29 is 38.1 Å². The smallest absolute Gasteiger partial charge is 0.424 e. The van der Waals surface area contributed by atoms with Gasteiger partial charge < -0.3 is 18.9 Å². The van der Waals surface area contributed by atoms with Crippen LogP contribution in [0.4, 0.5) is 15.3 Å². The molecule has 0 saturated carbocycles. The SMILES string of the molecule is CCCC(=O)OCc1ccc(C(=O)OC)cc1N(C(=O)OC(C)(C)C)C(=O)OC(C)(C)C. The molecule has 0 aliphatic heterocycles. The number of anilines is 1. The van der Waals surface area contributed by atoms with Crippen molar-refractivity contribution in [3.8, 4) is 0 Å². The third-order valence-corrected chi connectivity index (χ3v) is 3.74. The van der Waals surface area contributed by atoms with E-state index in [-0.39, 0.29) is 24.3 Å². The lowest BCUT2D eigenvalue weighted by Crippen LogP contribution is -2.44. The van der Waals surface area contributed by atoms with Crippen LogP contribution in [0.5, 0.6) is 0 Å². The number of esters is 2. The summed E-state index contributed by atoms with van der Waals surface area (Å²) < 4.78 is 20.8. The van der Waals surface area contributed by atoms with Crippen LogP contribution in [-0.4, -0.2) is 42.4 Å². The number of ether oxygens (including phenoxy) is 4. The van der Waals surface area contributed by atoms with Crippen LogP contribution < -0.4 is 4.90 Å². The predicted octanol–water partition coefficient (Wildman–Crippen LogP) is 4.99. The number of nitrogens with zero attached hydrogens (tertiary/aromatic N) is 1. The van der Waals surface area contributed by atoms with Gasteiger partial charge in [0.25, 0.3) is 0 Å². The molecule has 1 aromatic rings. The van der Waals surface area contributed by atoms with E-state index in [4.69, 9.17) is 18.9 Å². The Morgan fingerprint density at radius 3 is 1.88 bits per heavy atom. The number of hydrogen-bond acceptors (Lipinski definition) is 8. The molecule has 178 valence electrons. The maximum absolute atomic E-state index is 13.0. The molecular formula is C23H33NO8. The Kier molecular flexibility index (Phi) is 9.23. The van der Waals surface area contributed by atoms with E-state index >= 15 is 0 Å². The Labute approximate surface area is 188 Å². The Hall–Kier alpha value is -3.10. The quantitative estimate of drug-likeness (QED) is 0.439. The predicted molar refractivity (Wildman–Crippen MR) is 117 cm³/mol. The number of benzene rings is 1. The molecule has 9 heteroatoms. The number of carbonyl (C=O) groups excluding carboxylic acids is 4. The van der Waals surface area contributed by atoms with E-state index in [9.17, 15) is 19.2 Å². The summed E-state index contributed by atoms with van der Waals surface area (Å²) in [6.07, 6.45) is -1.18. The molecule has 0 heterocycles. The second kappa shape index (κ2) is 11.0. The van der Waals surface area contributed by atoms with E-state index in [0.717, 1.165) is 0 Å². The lowest BCUT2D eigenvalue weighted by Gasteiger charge is -2.29. The van der Waals surface area contributed by atoms with Gasteiger partial charge in [0, 0.05) is 12.0 Å². The van der Waals surface area contributed by atoms with Gasteiger partial charge in [-0.3, -0.25) is 4.79 Å². The molecule has 0 N–H and O–H groups in total. The van der Waals surface area contributed by atoms with Gasteiger partial charge in [-0.15, -0.1) is 0 Å². The van der Waals surface area contributed by atoms with E-state index in [2.05, 4.69) is 0 Å². The van der Waals surface area contributed by atoms with Crippen molar-refractivity contribution in [3.63, 3.8) is 0 Å². The molecule has 0 radical (unpaired) electrons. The molecule has 1 aromatic carbocycles. The maximum Gasteiger partial charge on any atom is 0.424 e. The highest BCUT2D eigenvalue weighted by Gasteiger charge is 2.34. The molecular weight excluding hydrogens is 418 g/mol. The summed E-state index contributed by atoms with van der Waals surface area (Å²) in [5, 5.41) is 0. The second-order valence-electron chi connectivity index (χ2n) is 9.04. The summed E-state index contributed by atoms with van der Waals surface area (Å²) in [5.41, 5.74) is -1.45. The second-order valence-corrected chi connectivity index (χ2v) is 9.04. The minimum atomic E-state index is -1.00. The van der Waals surface area contributed by atoms with Crippen molar-refractivity contribution in [1.82, 2.24) is 0 Å². The average Bonchev–Trinajstić information content (AvgIpc) is 2.63. The average molecular weight is 452 g/mol. The van der Waals surface area contributed by atoms with Crippen LogP contribution in [0.25, 0.3) is 0 Å². The first-order valence-corrected chi connectivity index (χ1v) is 10.3. The molecule has 9 nitrogen and oxygen atoms in total. The third-order valence-electron chi connectivity index (χ3n) is 3.74. The Morgan fingerprint density at radius 2 is 1.44 bits per heavy atom. The molecule has 32 heavy (non-hydrogen) atoms. The number of imide groups is 1. The monoisotopic (exact) mass is 451 g/mol. The standard InChI is InChI=1S/C23H33NO8/c1-9-10-18(25)30-14-16-12-11-15(19(26)29-8)13-17(16)24(20(27)31-22(2,3)4)21(28)32-23(5,6)7/h11-13H,9-10,14H2,1-8H3. The third kappa shape index (κ3) is 8.56.